The number of hydrogen-bond acceptors (Lipinski definition) is 3. The molecule has 1 aliphatic rings. The second-order valence-corrected chi connectivity index (χ2v) is 4.12. The molecule has 5 heteroatoms. The second-order valence-electron chi connectivity index (χ2n) is 3.47. The van der Waals surface area contributed by atoms with E-state index in [0.29, 0.717) is 11.9 Å². The van der Waals surface area contributed by atoms with Crippen LogP contribution < -0.4 is 9.64 Å². The van der Waals surface area contributed by atoms with E-state index in [1.54, 1.807) is 12.0 Å². The molecule has 1 amide bonds. The smallest absolute Gasteiger partial charge is 0.414 e. The van der Waals surface area contributed by atoms with Crippen molar-refractivity contribution in [2.24, 2.45) is 0 Å². The lowest BCUT2D eigenvalue weighted by atomic mass is 10.2. The van der Waals surface area contributed by atoms with Crippen LogP contribution in [0.3, 0.4) is 0 Å². The molecule has 86 valence electrons. The molecule has 4 nitrogen and oxygen atoms in total. The monoisotopic (exact) mass is 285 g/mol. The van der Waals surface area contributed by atoms with Crippen LogP contribution in [0.5, 0.6) is 5.75 Å². The first kappa shape index (κ1) is 11.3. The van der Waals surface area contributed by atoms with Crippen molar-refractivity contribution in [1.29, 1.82) is 0 Å². The number of cyclic esters (lactones) is 1. The first-order valence-electron chi connectivity index (χ1n) is 4.92. The maximum absolute atomic E-state index is 11.6. The van der Waals surface area contributed by atoms with Gasteiger partial charge in [-0.05, 0) is 24.3 Å². The maximum atomic E-state index is 11.6. The fourth-order valence-electron chi connectivity index (χ4n) is 1.57. The average Bonchev–Trinajstić information content (AvgIpc) is 2.71. The molecule has 1 aromatic carbocycles. The number of amides is 1. The Morgan fingerprint density at radius 1 is 1.50 bits per heavy atom. The van der Waals surface area contributed by atoms with Crippen LogP contribution in [0.25, 0.3) is 0 Å². The van der Waals surface area contributed by atoms with Gasteiger partial charge in [0.15, 0.2) is 0 Å². The first-order valence-corrected chi connectivity index (χ1v) is 6.05. The van der Waals surface area contributed by atoms with Crippen molar-refractivity contribution < 1.29 is 14.3 Å². The molecular weight excluding hydrogens is 274 g/mol. The van der Waals surface area contributed by atoms with Crippen molar-refractivity contribution in [1.82, 2.24) is 0 Å². The van der Waals surface area contributed by atoms with Crippen LogP contribution in [0.2, 0.25) is 0 Å². The van der Waals surface area contributed by atoms with Crippen molar-refractivity contribution >= 4 is 27.7 Å². The van der Waals surface area contributed by atoms with Gasteiger partial charge in [-0.2, -0.15) is 0 Å². The SMILES string of the molecule is COc1ccc(N2C[C@@H](CBr)OC2=O)cc1. The van der Waals surface area contributed by atoms with E-state index < -0.39 is 0 Å². The summed E-state index contributed by atoms with van der Waals surface area (Å²) in [5.74, 6) is 0.772. The summed E-state index contributed by atoms with van der Waals surface area (Å²) in [5.41, 5.74) is 0.828. The molecular formula is C11H12BrNO3. The Balaban J connectivity index is 2.15. The topological polar surface area (TPSA) is 38.8 Å². The molecule has 0 spiro atoms. The van der Waals surface area contributed by atoms with E-state index in [1.807, 2.05) is 24.3 Å². The molecule has 1 aromatic rings. The van der Waals surface area contributed by atoms with Crippen LogP contribution in [0, 0.1) is 0 Å². The Hall–Kier alpha value is -1.23. The zero-order valence-electron chi connectivity index (χ0n) is 8.85. The van der Waals surface area contributed by atoms with E-state index >= 15 is 0 Å². The van der Waals surface area contributed by atoms with E-state index in [1.165, 1.54) is 0 Å². The molecule has 16 heavy (non-hydrogen) atoms. The van der Waals surface area contributed by atoms with Crippen molar-refractivity contribution in [3.8, 4) is 5.75 Å². The summed E-state index contributed by atoms with van der Waals surface area (Å²) in [6.45, 7) is 0.580. The van der Waals surface area contributed by atoms with Gasteiger partial charge in [0.05, 0.1) is 13.7 Å². The van der Waals surface area contributed by atoms with Crippen molar-refractivity contribution in [3.05, 3.63) is 24.3 Å². The number of rotatable bonds is 3. The third-order valence-electron chi connectivity index (χ3n) is 2.43. The van der Waals surface area contributed by atoms with Crippen molar-refractivity contribution in [2.45, 2.75) is 6.10 Å². The summed E-state index contributed by atoms with van der Waals surface area (Å²) in [4.78, 5) is 13.2. The number of anilines is 1. The summed E-state index contributed by atoms with van der Waals surface area (Å²) < 4.78 is 10.2. The van der Waals surface area contributed by atoms with Crippen LogP contribution in [0.1, 0.15) is 0 Å². The normalized spacial score (nSPS) is 19.8. The fraction of sp³-hybridized carbons (Fsp3) is 0.364. The highest BCUT2D eigenvalue weighted by Crippen LogP contribution is 2.24. The zero-order valence-corrected chi connectivity index (χ0v) is 10.4. The highest BCUT2D eigenvalue weighted by atomic mass is 79.9. The number of alkyl halides is 1. The molecule has 1 heterocycles. The summed E-state index contributed by atoms with van der Waals surface area (Å²) in [5, 5.41) is 0.658. The van der Waals surface area contributed by atoms with Gasteiger partial charge < -0.3 is 9.47 Å². The van der Waals surface area contributed by atoms with Crippen LogP contribution in [-0.4, -0.2) is 31.2 Å². The largest absolute Gasteiger partial charge is 0.497 e. The minimum Gasteiger partial charge on any atom is -0.497 e. The van der Waals surface area contributed by atoms with Crippen molar-refractivity contribution in [3.63, 3.8) is 0 Å². The molecule has 0 unspecified atom stereocenters. The Morgan fingerprint density at radius 2 is 2.19 bits per heavy atom. The zero-order chi connectivity index (χ0) is 11.5. The highest BCUT2D eigenvalue weighted by Gasteiger charge is 2.31. The Labute approximate surface area is 102 Å². The molecule has 2 rings (SSSR count). The molecule has 1 fully saturated rings. The van der Waals surface area contributed by atoms with Crippen LogP contribution in [-0.2, 0) is 4.74 Å². The third-order valence-corrected chi connectivity index (χ3v) is 3.15. The summed E-state index contributed by atoms with van der Waals surface area (Å²) in [6.07, 6.45) is -0.371. The standard InChI is InChI=1S/C11H12BrNO3/c1-15-9-4-2-8(3-5-9)13-7-10(6-12)16-11(13)14/h2-5,10H,6-7H2,1H3/t10-/m1/s1. The number of halogens is 1. The minimum absolute atomic E-state index is 0.0744. The van der Waals surface area contributed by atoms with Gasteiger partial charge in [-0.25, -0.2) is 4.79 Å². The number of methoxy groups -OCH3 is 1. The second kappa shape index (κ2) is 4.74. The number of benzene rings is 1. The number of ether oxygens (including phenoxy) is 2. The fourth-order valence-corrected chi connectivity index (χ4v) is 1.91. The molecule has 0 saturated carbocycles. The van der Waals surface area contributed by atoms with Crippen LogP contribution >= 0.6 is 15.9 Å². The molecule has 0 bridgehead atoms. The summed E-state index contributed by atoms with van der Waals surface area (Å²) in [6, 6.07) is 7.33. The molecule has 1 atom stereocenters. The lowest BCUT2D eigenvalue weighted by Gasteiger charge is -2.12. The van der Waals surface area contributed by atoms with Gasteiger partial charge in [0.2, 0.25) is 0 Å². The van der Waals surface area contributed by atoms with Crippen LogP contribution in [0.4, 0.5) is 10.5 Å². The number of nitrogens with zero attached hydrogens (tertiary/aromatic N) is 1. The minimum atomic E-state index is -0.297. The Morgan fingerprint density at radius 3 is 2.69 bits per heavy atom. The third kappa shape index (κ3) is 2.14. The number of hydrogen-bond donors (Lipinski definition) is 0. The summed E-state index contributed by atoms with van der Waals surface area (Å²) in [7, 11) is 1.61. The van der Waals surface area contributed by atoms with Gasteiger partial charge in [0.1, 0.15) is 11.9 Å². The predicted molar refractivity (Wildman–Crippen MR) is 64.4 cm³/mol. The number of carbonyl (C=O) groups is 1. The van der Waals surface area contributed by atoms with Crippen LogP contribution in [0.15, 0.2) is 24.3 Å². The van der Waals surface area contributed by atoms with Gasteiger partial charge in [0, 0.05) is 11.0 Å². The van der Waals surface area contributed by atoms with E-state index in [-0.39, 0.29) is 12.2 Å². The molecule has 0 aliphatic carbocycles. The molecule has 0 N–H and O–H groups in total. The van der Waals surface area contributed by atoms with E-state index in [0.717, 1.165) is 11.4 Å². The maximum Gasteiger partial charge on any atom is 0.414 e. The van der Waals surface area contributed by atoms with E-state index in [2.05, 4.69) is 15.9 Å². The first-order chi connectivity index (χ1) is 7.74. The van der Waals surface area contributed by atoms with Gasteiger partial charge in [-0.15, -0.1) is 0 Å². The molecule has 0 radical (unpaired) electrons. The van der Waals surface area contributed by atoms with Gasteiger partial charge in [0.25, 0.3) is 0 Å². The number of carbonyl (C=O) groups excluding carboxylic acids is 1. The lowest BCUT2D eigenvalue weighted by Crippen LogP contribution is -2.24. The lowest BCUT2D eigenvalue weighted by molar-refractivity contribution is 0.152. The van der Waals surface area contributed by atoms with E-state index in [9.17, 15) is 4.79 Å². The van der Waals surface area contributed by atoms with Gasteiger partial charge >= 0.3 is 6.09 Å². The van der Waals surface area contributed by atoms with E-state index in [4.69, 9.17) is 9.47 Å². The molecule has 1 saturated heterocycles. The molecule has 0 aromatic heterocycles. The highest BCUT2D eigenvalue weighted by molar-refractivity contribution is 9.09. The average molecular weight is 286 g/mol. The van der Waals surface area contributed by atoms with Gasteiger partial charge in [-0.1, -0.05) is 15.9 Å². The Kier molecular flexibility index (Phi) is 3.33. The molecule has 1 aliphatic heterocycles. The Bertz CT molecular complexity index is 379. The van der Waals surface area contributed by atoms with Gasteiger partial charge in [-0.3, -0.25) is 4.90 Å². The quantitative estimate of drug-likeness (QED) is 0.801. The predicted octanol–water partition coefficient (Wildman–Crippen LogP) is 2.42. The summed E-state index contributed by atoms with van der Waals surface area (Å²) >= 11 is 3.30. The van der Waals surface area contributed by atoms with Crippen molar-refractivity contribution in [2.75, 3.05) is 23.9 Å².